The van der Waals surface area contributed by atoms with E-state index in [0.29, 0.717) is 12.5 Å². The SMILES string of the molecule is CCN(CC(=O)O)C1CC(NC(=O)Nc2scnc2C2CC2)C1. The van der Waals surface area contributed by atoms with Crippen molar-refractivity contribution in [2.45, 2.75) is 50.6 Å². The van der Waals surface area contributed by atoms with E-state index in [1.54, 1.807) is 5.51 Å². The Hall–Kier alpha value is -1.67. The minimum Gasteiger partial charge on any atom is -0.480 e. The highest BCUT2D eigenvalue weighted by Gasteiger charge is 2.35. The number of likely N-dealkylation sites (N-methyl/N-ethyl adjacent to an activating group) is 1. The molecule has 0 saturated heterocycles. The number of carbonyl (C=O) groups excluding carboxylic acids is 1. The van der Waals surface area contributed by atoms with E-state index < -0.39 is 5.97 Å². The van der Waals surface area contributed by atoms with Crippen LogP contribution in [0.15, 0.2) is 5.51 Å². The average Bonchev–Trinajstić information content (AvgIpc) is 3.20. The monoisotopic (exact) mass is 338 g/mol. The molecule has 126 valence electrons. The van der Waals surface area contributed by atoms with Crippen LogP contribution in [0.5, 0.6) is 0 Å². The number of nitrogens with zero attached hydrogens (tertiary/aromatic N) is 2. The number of carboxylic acid groups (broad SMARTS) is 1. The summed E-state index contributed by atoms with van der Waals surface area (Å²) in [6, 6.07) is 0.160. The van der Waals surface area contributed by atoms with Gasteiger partial charge in [-0.15, -0.1) is 11.3 Å². The number of rotatable bonds is 7. The van der Waals surface area contributed by atoms with Crippen molar-refractivity contribution in [3.05, 3.63) is 11.2 Å². The van der Waals surface area contributed by atoms with Crippen molar-refractivity contribution >= 4 is 28.3 Å². The van der Waals surface area contributed by atoms with Crippen LogP contribution in [0.2, 0.25) is 0 Å². The van der Waals surface area contributed by atoms with Gasteiger partial charge in [-0.25, -0.2) is 9.78 Å². The van der Waals surface area contributed by atoms with E-state index >= 15 is 0 Å². The fourth-order valence-electron chi connectivity index (χ4n) is 3.00. The smallest absolute Gasteiger partial charge is 0.320 e. The molecule has 23 heavy (non-hydrogen) atoms. The van der Waals surface area contributed by atoms with Crippen molar-refractivity contribution in [2.24, 2.45) is 0 Å². The predicted molar refractivity (Wildman–Crippen MR) is 87.9 cm³/mol. The fraction of sp³-hybridized carbons (Fsp3) is 0.667. The molecule has 0 spiro atoms. The van der Waals surface area contributed by atoms with Crippen LogP contribution in [0.1, 0.15) is 44.2 Å². The molecule has 1 aromatic rings. The quantitative estimate of drug-likeness (QED) is 0.707. The van der Waals surface area contributed by atoms with Crippen LogP contribution in [0.4, 0.5) is 9.80 Å². The van der Waals surface area contributed by atoms with Gasteiger partial charge in [0.15, 0.2) is 0 Å². The summed E-state index contributed by atoms with van der Waals surface area (Å²) in [4.78, 5) is 29.2. The molecule has 0 aliphatic heterocycles. The third kappa shape index (κ3) is 4.00. The number of aliphatic carboxylic acids is 1. The Morgan fingerprint density at radius 1 is 1.43 bits per heavy atom. The van der Waals surface area contributed by atoms with Crippen molar-refractivity contribution < 1.29 is 14.7 Å². The molecule has 2 fully saturated rings. The lowest BCUT2D eigenvalue weighted by molar-refractivity contribution is -0.139. The molecule has 0 aromatic carbocycles. The number of amides is 2. The summed E-state index contributed by atoms with van der Waals surface area (Å²) < 4.78 is 0. The van der Waals surface area contributed by atoms with Gasteiger partial charge < -0.3 is 10.4 Å². The minimum absolute atomic E-state index is 0.0612. The van der Waals surface area contributed by atoms with Crippen molar-refractivity contribution in [1.82, 2.24) is 15.2 Å². The first-order valence-corrected chi connectivity index (χ1v) is 8.91. The molecule has 0 bridgehead atoms. The molecule has 3 N–H and O–H groups in total. The fourth-order valence-corrected chi connectivity index (χ4v) is 3.76. The minimum atomic E-state index is -0.807. The highest BCUT2D eigenvalue weighted by Crippen LogP contribution is 2.43. The maximum absolute atomic E-state index is 12.1. The van der Waals surface area contributed by atoms with Gasteiger partial charge in [0.2, 0.25) is 0 Å². The van der Waals surface area contributed by atoms with Crippen LogP contribution >= 0.6 is 11.3 Å². The second-order valence-corrected chi connectivity index (χ2v) is 7.07. The molecule has 8 heteroatoms. The molecular weight excluding hydrogens is 316 g/mol. The number of aromatic nitrogens is 1. The van der Waals surface area contributed by atoms with Gasteiger partial charge in [-0.2, -0.15) is 0 Å². The standard InChI is InChI=1S/C15H22N4O3S/c1-2-19(7-12(20)21)11-5-10(6-11)17-15(22)18-14-13(9-3-4-9)16-8-23-14/h8-11H,2-7H2,1H3,(H,20,21)(H2,17,18,22). The number of carboxylic acids is 1. The van der Waals surface area contributed by atoms with Gasteiger partial charge >= 0.3 is 12.0 Å². The number of hydrogen-bond acceptors (Lipinski definition) is 5. The van der Waals surface area contributed by atoms with Crippen molar-refractivity contribution in [2.75, 3.05) is 18.4 Å². The molecule has 2 aliphatic carbocycles. The lowest BCUT2D eigenvalue weighted by atomic mass is 9.85. The molecular formula is C15H22N4O3S. The summed E-state index contributed by atoms with van der Waals surface area (Å²) in [5, 5.41) is 15.6. The van der Waals surface area contributed by atoms with E-state index in [4.69, 9.17) is 5.11 Å². The Bertz CT molecular complexity index is 581. The molecule has 7 nitrogen and oxygen atoms in total. The zero-order chi connectivity index (χ0) is 16.4. The van der Waals surface area contributed by atoms with Gasteiger partial charge in [-0.05, 0) is 32.2 Å². The zero-order valence-electron chi connectivity index (χ0n) is 13.1. The molecule has 2 aliphatic rings. The van der Waals surface area contributed by atoms with Gasteiger partial charge in [0.1, 0.15) is 5.00 Å². The molecule has 3 rings (SSSR count). The summed E-state index contributed by atoms with van der Waals surface area (Å²) in [6.45, 7) is 2.73. The lowest BCUT2D eigenvalue weighted by Gasteiger charge is -2.42. The lowest BCUT2D eigenvalue weighted by Crippen LogP contribution is -2.55. The Morgan fingerprint density at radius 2 is 2.17 bits per heavy atom. The normalized spacial score (nSPS) is 23.4. The van der Waals surface area contributed by atoms with Crippen molar-refractivity contribution in [3.8, 4) is 0 Å². The third-order valence-electron chi connectivity index (χ3n) is 4.50. The maximum Gasteiger partial charge on any atom is 0.320 e. The molecule has 2 amide bonds. The summed E-state index contributed by atoms with van der Waals surface area (Å²) >= 11 is 1.46. The molecule has 0 radical (unpaired) electrons. The van der Waals surface area contributed by atoms with Gasteiger partial charge in [0, 0.05) is 18.0 Å². The van der Waals surface area contributed by atoms with Crippen LogP contribution in [0, 0.1) is 0 Å². The van der Waals surface area contributed by atoms with Gasteiger partial charge in [-0.1, -0.05) is 6.92 Å². The number of urea groups is 1. The topological polar surface area (TPSA) is 94.6 Å². The van der Waals surface area contributed by atoms with E-state index in [1.165, 1.54) is 11.3 Å². The highest BCUT2D eigenvalue weighted by molar-refractivity contribution is 7.14. The van der Waals surface area contributed by atoms with E-state index in [9.17, 15) is 9.59 Å². The maximum atomic E-state index is 12.1. The van der Waals surface area contributed by atoms with Crippen LogP contribution in [0.25, 0.3) is 0 Å². The van der Waals surface area contributed by atoms with E-state index in [2.05, 4.69) is 15.6 Å². The first kappa shape index (κ1) is 16.2. The van der Waals surface area contributed by atoms with E-state index in [-0.39, 0.29) is 24.7 Å². The molecule has 1 heterocycles. The van der Waals surface area contributed by atoms with E-state index in [1.807, 2.05) is 11.8 Å². The Labute approximate surface area is 139 Å². The predicted octanol–water partition coefficient (Wildman–Crippen LogP) is 2.08. The first-order valence-electron chi connectivity index (χ1n) is 8.03. The van der Waals surface area contributed by atoms with Crippen LogP contribution in [0.3, 0.4) is 0 Å². The van der Waals surface area contributed by atoms with Gasteiger partial charge in [0.25, 0.3) is 0 Å². The van der Waals surface area contributed by atoms with Gasteiger partial charge in [-0.3, -0.25) is 15.0 Å². The molecule has 0 atom stereocenters. The molecule has 0 unspecified atom stereocenters. The second-order valence-electron chi connectivity index (χ2n) is 6.22. The first-order chi connectivity index (χ1) is 11.1. The Balaban J connectivity index is 1.43. The molecule has 2 saturated carbocycles. The summed E-state index contributed by atoms with van der Waals surface area (Å²) in [6.07, 6.45) is 3.90. The second kappa shape index (κ2) is 6.84. The van der Waals surface area contributed by atoms with Crippen molar-refractivity contribution in [1.29, 1.82) is 0 Å². The largest absolute Gasteiger partial charge is 0.480 e. The zero-order valence-corrected chi connectivity index (χ0v) is 13.9. The molecule has 1 aromatic heterocycles. The summed E-state index contributed by atoms with van der Waals surface area (Å²) in [5.41, 5.74) is 2.78. The van der Waals surface area contributed by atoms with Gasteiger partial charge in [0.05, 0.1) is 17.7 Å². The van der Waals surface area contributed by atoms with Crippen LogP contribution < -0.4 is 10.6 Å². The number of thiazole rings is 1. The van der Waals surface area contributed by atoms with Crippen LogP contribution in [-0.2, 0) is 4.79 Å². The Morgan fingerprint density at radius 3 is 2.78 bits per heavy atom. The number of carbonyl (C=O) groups is 2. The van der Waals surface area contributed by atoms with Crippen molar-refractivity contribution in [3.63, 3.8) is 0 Å². The van der Waals surface area contributed by atoms with E-state index in [0.717, 1.165) is 36.4 Å². The summed E-state index contributed by atoms with van der Waals surface area (Å²) in [7, 11) is 0. The van der Waals surface area contributed by atoms with Crippen LogP contribution in [-0.4, -0.2) is 52.2 Å². The Kier molecular flexibility index (Phi) is 4.82. The number of nitrogens with one attached hydrogen (secondary N) is 2. The number of hydrogen-bond donors (Lipinski definition) is 3. The third-order valence-corrected chi connectivity index (χ3v) is 5.25. The number of anilines is 1. The summed E-state index contributed by atoms with van der Waals surface area (Å²) in [5.74, 6) is -0.294. The average molecular weight is 338 g/mol. The highest BCUT2D eigenvalue weighted by atomic mass is 32.1.